The molecule has 4 rings (SSSR count). The monoisotopic (exact) mass is 284 g/mol. The summed E-state index contributed by atoms with van der Waals surface area (Å²) in [4.78, 5) is 26.6. The third-order valence-corrected chi connectivity index (χ3v) is 4.83. The number of benzene rings is 1. The van der Waals surface area contributed by atoms with E-state index >= 15 is 0 Å². The number of fused-ring (bicyclic) bond motifs is 1. The number of nitrogens with zero attached hydrogens (tertiary/aromatic N) is 1. The van der Waals surface area contributed by atoms with Gasteiger partial charge in [-0.15, -0.1) is 0 Å². The van der Waals surface area contributed by atoms with Crippen LogP contribution in [0, 0.1) is 5.92 Å². The standard InChI is InChI=1S/C17H20N2O2/c20-16(14-2-1-8-18-14)13-5-6-15-12(10-13)7-9-19(15)17(21)11-3-4-11/h5-6,10-11,14,18H,1-4,7-9H2. The lowest BCUT2D eigenvalue weighted by Gasteiger charge is -2.17. The molecular formula is C17H20N2O2. The Bertz CT molecular complexity index is 601. The normalized spacial score (nSPS) is 24.2. The number of carbonyl (C=O) groups is 2. The average molecular weight is 284 g/mol. The van der Waals surface area contributed by atoms with Crippen LogP contribution in [0.2, 0.25) is 0 Å². The van der Waals surface area contributed by atoms with Gasteiger partial charge in [0.25, 0.3) is 0 Å². The Kier molecular flexibility index (Phi) is 3.07. The summed E-state index contributed by atoms with van der Waals surface area (Å²) < 4.78 is 0. The van der Waals surface area contributed by atoms with Gasteiger partial charge in [-0.2, -0.15) is 0 Å². The fourth-order valence-electron chi connectivity index (χ4n) is 3.44. The molecule has 1 aromatic carbocycles. The van der Waals surface area contributed by atoms with Crippen LogP contribution in [0.15, 0.2) is 18.2 Å². The highest BCUT2D eigenvalue weighted by molar-refractivity contribution is 6.02. The molecule has 0 aromatic heterocycles. The zero-order valence-corrected chi connectivity index (χ0v) is 12.1. The summed E-state index contributed by atoms with van der Waals surface area (Å²) in [5.74, 6) is 0.715. The number of amides is 1. The second kappa shape index (κ2) is 4.95. The molecule has 1 aromatic rings. The third kappa shape index (κ3) is 2.27. The summed E-state index contributed by atoms with van der Waals surface area (Å²) in [7, 11) is 0. The number of nitrogens with one attached hydrogen (secondary N) is 1. The number of ketones is 1. The molecule has 1 unspecified atom stereocenters. The summed E-state index contributed by atoms with van der Waals surface area (Å²) >= 11 is 0. The molecule has 2 heterocycles. The number of carbonyl (C=O) groups excluding carboxylic acids is 2. The maximum atomic E-state index is 12.4. The van der Waals surface area contributed by atoms with Crippen LogP contribution in [-0.2, 0) is 11.2 Å². The van der Waals surface area contributed by atoms with Crippen molar-refractivity contribution in [2.24, 2.45) is 5.92 Å². The number of anilines is 1. The zero-order chi connectivity index (χ0) is 14.4. The van der Waals surface area contributed by atoms with Crippen LogP contribution >= 0.6 is 0 Å². The summed E-state index contributed by atoms with van der Waals surface area (Å²) in [5.41, 5.74) is 2.95. The molecule has 21 heavy (non-hydrogen) atoms. The molecule has 0 spiro atoms. The quantitative estimate of drug-likeness (QED) is 0.863. The van der Waals surface area contributed by atoms with Gasteiger partial charge in [0.1, 0.15) is 0 Å². The molecule has 4 nitrogen and oxygen atoms in total. The van der Waals surface area contributed by atoms with E-state index in [1.165, 1.54) is 0 Å². The van der Waals surface area contributed by atoms with Crippen LogP contribution in [-0.4, -0.2) is 30.8 Å². The largest absolute Gasteiger partial charge is 0.312 e. The molecule has 2 fully saturated rings. The van der Waals surface area contributed by atoms with Crippen molar-refractivity contribution in [3.63, 3.8) is 0 Å². The molecule has 1 aliphatic carbocycles. The van der Waals surface area contributed by atoms with Crippen molar-refractivity contribution in [2.75, 3.05) is 18.0 Å². The predicted molar refractivity (Wildman–Crippen MR) is 80.6 cm³/mol. The molecule has 110 valence electrons. The van der Waals surface area contributed by atoms with Gasteiger partial charge in [-0.1, -0.05) is 0 Å². The maximum absolute atomic E-state index is 12.4. The van der Waals surface area contributed by atoms with Crippen molar-refractivity contribution in [1.29, 1.82) is 0 Å². The lowest BCUT2D eigenvalue weighted by atomic mass is 10.00. The smallest absolute Gasteiger partial charge is 0.230 e. The number of hydrogen-bond donors (Lipinski definition) is 1. The second-order valence-corrected chi connectivity index (χ2v) is 6.37. The first-order valence-electron chi connectivity index (χ1n) is 7.96. The first-order chi connectivity index (χ1) is 10.2. The van der Waals surface area contributed by atoms with Crippen molar-refractivity contribution in [3.05, 3.63) is 29.3 Å². The Balaban J connectivity index is 1.57. The number of Topliss-reactive ketones (excluding diaryl/α,β-unsaturated/α-hetero) is 1. The maximum Gasteiger partial charge on any atom is 0.230 e. The number of hydrogen-bond acceptors (Lipinski definition) is 3. The summed E-state index contributed by atoms with van der Waals surface area (Å²) in [6.45, 7) is 1.70. The highest BCUT2D eigenvalue weighted by Crippen LogP contribution is 2.36. The van der Waals surface area contributed by atoms with E-state index in [-0.39, 0.29) is 23.7 Å². The van der Waals surface area contributed by atoms with Crippen LogP contribution in [0.1, 0.15) is 41.6 Å². The topological polar surface area (TPSA) is 49.4 Å². The Morgan fingerprint density at radius 3 is 2.76 bits per heavy atom. The molecule has 1 atom stereocenters. The van der Waals surface area contributed by atoms with Gasteiger partial charge in [0.2, 0.25) is 5.91 Å². The Morgan fingerprint density at radius 2 is 2.05 bits per heavy atom. The van der Waals surface area contributed by atoms with E-state index in [4.69, 9.17) is 0 Å². The van der Waals surface area contributed by atoms with E-state index in [1.54, 1.807) is 0 Å². The zero-order valence-electron chi connectivity index (χ0n) is 12.1. The average Bonchev–Trinajstić information content (AvgIpc) is 3.05. The molecule has 3 aliphatic rings. The molecule has 1 amide bonds. The lowest BCUT2D eigenvalue weighted by Crippen LogP contribution is -2.31. The van der Waals surface area contributed by atoms with E-state index in [2.05, 4.69) is 5.32 Å². The molecule has 1 N–H and O–H groups in total. The van der Waals surface area contributed by atoms with Crippen molar-refractivity contribution >= 4 is 17.4 Å². The highest BCUT2D eigenvalue weighted by atomic mass is 16.2. The second-order valence-electron chi connectivity index (χ2n) is 6.37. The first kappa shape index (κ1) is 13.0. The highest BCUT2D eigenvalue weighted by Gasteiger charge is 2.36. The Morgan fingerprint density at radius 1 is 1.19 bits per heavy atom. The minimum absolute atomic E-state index is 0.0198. The van der Waals surface area contributed by atoms with E-state index in [0.717, 1.165) is 62.0 Å². The van der Waals surface area contributed by atoms with Crippen molar-refractivity contribution in [1.82, 2.24) is 5.32 Å². The van der Waals surface area contributed by atoms with E-state index in [9.17, 15) is 9.59 Å². The SMILES string of the molecule is O=C(c1ccc2c(c1)CCN2C(=O)C1CC1)C1CCCN1. The molecule has 0 bridgehead atoms. The minimum atomic E-state index is -0.0198. The summed E-state index contributed by atoms with van der Waals surface area (Å²) in [5, 5.41) is 3.26. The fraction of sp³-hybridized carbons (Fsp3) is 0.529. The molecule has 0 radical (unpaired) electrons. The third-order valence-electron chi connectivity index (χ3n) is 4.83. The first-order valence-corrected chi connectivity index (χ1v) is 7.96. The lowest BCUT2D eigenvalue weighted by molar-refractivity contribution is -0.119. The van der Waals surface area contributed by atoms with Gasteiger partial charge >= 0.3 is 0 Å². The molecule has 2 aliphatic heterocycles. The molecular weight excluding hydrogens is 264 g/mol. The van der Waals surface area contributed by atoms with Gasteiger partial charge in [0.15, 0.2) is 5.78 Å². The molecule has 1 saturated carbocycles. The van der Waals surface area contributed by atoms with E-state index in [0.29, 0.717) is 0 Å². The van der Waals surface area contributed by atoms with Crippen molar-refractivity contribution < 1.29 is 9.59 Å². The van der Waals surface area contributed by atoms with Crippen LogP contribution in [0.25, 0.3) is 0 Å². The fourth-order valence-corrected chi connectivity index (χ4v) is 3.44. The van der Waals surface area contributed by atoms with Gasteiger partial charge in [-0.05, 0) is 62.4 Å². The van der Waals surface area contributed by atoms with E-state index < -0.39 is 0 Å². The number of rotatable bonds is 3. The van der Waals surface area contributed by atoms with Crippen LogP contribution in [0.3, 0.4) is 0 Å². The summed E-state index contributed by atoms with van der Waals surface area (Å²) in [6.07, 6.45) is 4.95. The van der Waals surface area contributed by atoms with Gasteiger partial charge in [0, 0.05) is 23.7 Å². The van der Waals surface area contributed by atoms with Gasteiger partial charge in [-0.3, -0.25) is 9.59 Å². The predicted octanol–water partition coefficient (Wildman–Crippen LogP) is 1.92. The molecule has 4 heteroatoms. The van der Waals surface area contributed by atoms with Gasteiger partial charge < -0.3 is 10.2 Å². The van der Waals surface area contributed by atoms with Crippen LogP contribution in [0.5, 0.6) is 0 Å². The van der Waals surface area contributed by atoms with E-state index in [1.807, 2.05) is 23.1 Å². The van der Waals surface area contributed by atoms with Crippen LogP contribution in [0.4, 0.5) is 5.69 Å². The van der Waals surface area contributed by atoms with Crippen molar-refractivity contribution in [3.8, 4) is 0 Å². The minimum Gasteiger partial charge on any atom is -0.312 e. The van der Waals surface area contributed by atoms with Gasteiger partial charge in [0.05, 0.1) is 6.04 Å². The Hall–Kier alpha value is -1.68. The Labute approximate surface area is 124 Å². The summed E-state index contributed by atoms with van der Waals surface area (Å²) in [6, 6.07) is 5.83. The molecule has 1 saturated heterocycles. The van der Waals surface area contributed by atoms with Gasteiger partial charge in [-0.25, -0.2) is 0 Å². The van der Waals surface area contributed by atoms with Crippen molar-refractivity contribution in [2.45, 2.75) is 38.1 Å². The van der Waals surface area contributed by atoms with Crippen LogP contribution < -0.4 is 10.2 Å².